The number of hydrogen-bond donors (Lipinski definition) is 0. The first-order valence-corrected chi connectivity index (χ1v) is 8.08. The Morgan fingerprint density at radius 3 is 2.40 bits per heavy atom. The average Bonchev–Trinajstić information content (AvgIpc) is 2.65. The van der Waals surface area contributed by atoms with E-state index in [9.17, 15) is 9.59 Å². The van der Waals surface area contributed by atoms with E-state index in [4.69, 9.17) is 0 Å². The number of nitrogens with zero attached hydrogens (tertiary/aromatic N) is 4. The molecular weight excluding hydrogens is 316 g/mol. The Morgan fingerprint density at radius 2 is 1.68 bits per heavy atom. The summed E-state index contributed by atoms with van der Waals surface area (Å²) in [7, 11) is 1.41. The van der Waals surface area contributed by atoms with Gasteiger partial charge in [0, 0.05) is 12.7 Å². The van der Waals surface area contributed by atoms with E-state index in [0.717, 1.165) is 22.2 Å². The van der Waals surface area contributed by atoms with Crippen molar-refractivity contribution in [3.8, 4) is 17.2 Å². The Morgan fingerprint density at radius 1 is 0.960 bits per heavy atom. The molecule has 0 spiro atoms. The third-order valence-corrected chi connectivity index (χ3v) is 4.38. The Kier molecular flexibility index (Phi) is 3.46. The summed E-state index contributed by atoms with van der Waals surface area (Å²) in [6.07, 6.45) is 0.937. The number of fused-ring (bicyclic) bond motifs is 2. The number of para-hydroxylation sites is 2. The van der Waals surface area contributed by atoms with Crippen LogP contribution in [-0.2, 0) is 13.5 Å². The minimum atomic E-state index is -0.589. The van der Waals surface area contributed by atoms with Gasteiger partial charge in [-0.15, -0.1) is 0 Å². The molecule has 25 heavy (non-hydrogen) atoms. The normalized spacial score (nSPS) is 11.3. The Hall–Kier alpha value is -3.28. The van der Waals surface area contributed by atoms with Gasteiger partial charge < -0.3 is 0 Å². The SMILES string of the molecule is CCc1ccc(-n2c3nc(=O)n(C)c(=O)c-3nc3ccccc32)cc1. The number of aryl methyl sites for hydroxylation is 1. The van der Waals surface area contributed by atoms with E-state index in [1.165, 1.54) is 12.6 Å². The highest BCUT2D eigenvalue weighted by molar-refractivity contribution is 5.81. The molecule has 2 aromatic rings. The lowest BCUT2D eigenvalue weighted by Crippen LogP contribution is -2.36. The highest BCUT2D eigenvalue weighted by Crippen LogP contribution is 2.25. The molecule has 0 saturated heterocycles. The summed E-state index contributed by atoms with van der Waals surface area (Å²) in [4.78, 5) is 33.2. The van der Waals surface area contributed by atoms with Crippen LogP contribution in [0.1, 0.15) is 12.5 Å². The fourth-order valence-corrected chi connectivity index (χ4v) is 2.94. The lowest BCUT2D eigenvalue weighted by Gasteiger charge is -2.17. The molecule has 2 heterocycles. The molecule has 0 bridgehead atoms. The van der Waals surface area contributed by atoms with Crippen LogP contribution < -0.4 is 11.2 Å². The van der Waals surface area contributed by atoms with Crippen LogP contribution in [0.15, 0.2) is 58.1 Å². The lowest BCUT2D eigenvalue weighted by atomic mass is 10.1. The van der Waals surface area contributed by atoms with E-state index in [2.05, 4.69) is 16.9 Å². The molecule has 0 aromatic heterocycles. The topological polar surface area (TPSA) is 69.8 Å². The smallest absolute Gasteiger partial charge is 0.291 e. The van der Waals surface area contributed by atoms with Gasteiger partial charge in [-0.25, -0.2) is 9.78 Å². The summed E-state index contributed by atoms with van der Waals surface area (Å²) in [5.74, 6) is 0.274. The molecular formula is C19H16N4O2. The molecule has 4 rings (SSSR count). The van der Waals surface area contributed by atoms with Gasteiger partial charge in [0.1, 0.15) is 0 Å². The van der Waals surface area contributed by atoms with Gasteiger partial charge >= 0.3 is 5.69 Å². The summed E-state index contributed by atoms with van der Waals surface area (Å²) in [6.45, 7) is 2.09. The average molecular weight is 332 g/mol. The Labute approximate surface area is 143 Å². The maximum Gasteiger partial charge on any atom is 0.352 e. The largest absolute Gasteiger partial charge is 0.352 e. The van der Waals surface area contributed by atoms with Crippen LogP contribution in [0.2, 0.25) is 0 Å². The molecule has 124 valence electrons. The molecule has 0 fully saturated rings. The van der Waals surface area contributed by atoms with Gasteiger partial charge in [-0.05, 0) is 36.2 Å². The van der Waals surface area contributed by atoms with Gasteiger partial charge in [0.15, 0.2) is 11.5 Å². The number of benzene rings is 2. The van der Waals surface area contributed by atoms with Crippen LogP contribution in [0.5, 0.6) is 0 Å². The van der Waals surface area contributed by atoms with Crippen molar-refractivity contribution in [2.24, 2.45) is 7.05 Å². The molecule has 6 nitrogen and oxygen atoms in total. The summed E-state index contributed by atoms with van der Waals surface area (Å²) < 4.78 is 2.80. The van der Waals surface area contributed by atoms with Gasteiger partial charge in [-0.1, -0.05) is 31.2 Å². The molecule has 0 aliphatic carbocycles. The fourth-order valence-electron chi connectivity index (χ4n) is 2.94. The fraction of sp³-hybridized carbons (Fsp3) is 0.158. The minimum Gasteiger partial charge on any atom is -0.291 e. The first kappa shape index (κ1) is 15.3. The van der Waals surface area contributed by atoms with Crippen molar-refractivity contribution in [3.63, 3.8) is 0 Å². The van der Waals surface area contributed by atoms with Crippen molar-refractivity contribution in [2.45, 2.75) is 13.3 Å². The zero-order valence-corrected chi connectivity index (χ0v) is 13.9. The lowest BCUT2D eigenvalue weighted by molar-refractivity contribution is 0.759. The molecule has 0 atom stereocenters. The minimum absolute atomic E-state index is 0.181. The summed E-state index contributed by atoms with van der Waals surface area (Å²) in [5, 5.41) is 0. The van der Waals surface area contributed by atoms with E-state index in [-0.39, 0.29) is 11.5 Å². The summed E-state index contributed by atoms with van der Waals surface area (Å²) >= 11 is 0. The molecule has 2 aliphatic heterocycles. The van der Waals surface area contributed by atoms with Crippen LogP contribution in [0.3, 0.4) is 0 Å². The predicted octanol–water partition coefficient (Wildman–Crippen LogP) is 2.15. The molecule has 0 N–H and O–H groups in total. The highest BCUT2D eigenvalue weighted by Gasteiger charge is 2.20. The van der Waals surface area contributed by atoms with E-state index < -0.39 is 11.2 Å². The first-order valence-electron chi connectivity index (χ1n) is 8.08. The van der Waals surface area contributed by atoms with Gasteiger partial charge in [-0.3, -0.25) is 13.9 Å². The molecule has 0 saturated carbocycles. The molecule has 0 unspecified atom stereocenters. The van der Waals surface area contributed by atoms with E-state index in [1.807, 2.05) is 53.1 Å². The summed E-state index contributed by atoms with van der Waals surface area (Å²) in [6, 6.07) is 15.5. The number of rotatable bonds is 2. The van der Waals surface area contributed by atoms with Crippen molar-refractivity contribution < 1.29 is 0 Å². The second kappa shape index (κ2) is 5.66. The molecule has 2 aromatic carbocycles. The van der Waals surface area contributed by atoms with Crippen molar-refractivity contribution in [2.75, 3.05) is 0 Å². The predicted molar refractivity (Wildman–Crippen MR) is 96.4 cm³/mol. The molecule has 2 aliphatic rings. The molecule has 6 heteroatoms. The first-order chi connectivity index (χ1) is 12.1. The Bertz CT molecular complexity index is 1170. The second-order valence-electron chi connectivity index (χ2n) is 5.89. The van der Waals surface area contributed by atoms with Crippen LogP contribution in [0.25, 0.3) is 28.2 Å². The van der Waals surface area contributed by atoms with E-state index in [1.54, 1.807) is 0 Å². The van der Waals surface area contributed by atoms with Crippen molar-refractivity contribution >= 4 is 11.0 Å². The zero-order chi connectivity index (χ0) is 17.6. The van der Waals surface area contributed by atoms with Crippen molar-refractivity contribution in [1.82, 2.24) is 19.1 Å². The van der Waals surface area contributed by atoms with E-state index in [0.29, 0.717) is 5.52 Å². The monoisotopic (exact) mass is 332 g/mol. The quantitative estimate of drug-likeness (QED) is 0.527. The van der Waals surface area contributed by atoms with Gasteiger partial charge in [0.2, 0.25) is 0 Å². The Balaban J connectivity index is 2.18. The van der Waals surface area contributed by atoms with Crippen molar-refractivity contribution in [3.05, 3.63) is 74.9 Å². The van der Waals surface area contributed by atoms with Crippen LogP contribution in [-0.4, -0.2) is 19.1 Å². The standard InChI is InChI=1S/C19H16N4O2/c1-3-12-8-10-13(11-9-12)23-15-7-5-4-6-14(15)20-16-17(23)21-19(25)22(2)18(16)24/h4-11H,3H2,1-2H3. The maximum atomic E-state index is 12.5. The molecule has 0 amide bonds. The zero-order valence-electron chi connectivity index (χ0n) is 13.9. The maximum absolute atomic E-state index is 12.5. The van der Waals surface area contributed by atoms with Crippen LogP contribution in [0, 0.1) is 0 Å². The number of hydrogen-bond acceptors (Lipinski definition) is 4. The highest BCUT2D eigenvalue weighted by atomic mass is 16.2. The third-order valence-electron chi connectivity index (χ3n) is 4.38. The van der Waals surface area contributed by atoms with E-state index >= 15 is 0 Å². The van der Waals surface area contributed by atoms with Gasteiger partial charge in [-0.2, -0.15) is 4.98 Å². The second-order valence-corrected chi connectivity index (χ2v) is 5.89. The van der Waals surface area contributed by atoms with Crippen LogP contribution in [0.4, 0.5) is 0 Å². The van der Waals surface area contributed by atoms with Crippen molar-refractivity contribution in [1.29, 1.82) is 0 Å². The number of aromatic nitrogens is 4. The van der Waals surface area contributed by atoms with Gasteiger partial charge in [0.05, 0.1) is 11.0 Å². The molecule has 0 radical (unpaired) electrons. The summed E-state index contributed by atoms with van der Waals surface area (Å²) in [5.41, 5.74) is 2.65. The van der Waals surface area contributed by atoms with Gasteiger partial charge in [0.25, 0.3) is 5.56 Å². The van der Waals surface area contributed by atoms with Crippen LogP contribution >= 0.6 is 0 Å². The third kappa shape index (κ3) is 2.34.